The highest BCUT2D eigenvalue weighted by Gasteiger charge is 2.20. The van der Waals surface area contributed by atoms with Crippen molar-refractivity contribution in [1.82, 2.24) is 4.57 Å². The molecular weight excluding hydrogens is 327 g/mol. The molecule has 0 aliphatic carbocycles. The highest BCUT2D eigenvalue weighted by molar-refractivity contribution is 6.31. The predicted octanol–water partition coefficient (Wildman–Crippen LogP) is 5.32. The maximum atomic E-state index is 14.0. The molecule has 0 spiro atoms. The smallest absolute Gasteiger partial charge is 0.272 e. The Morgan fingerprint density at radius 3 is 2.62 bits per heavy atom. The van der Waals surface area contributed by atoms with Crippen molar-refractivity contribution in [2.75, 3.05) is 5.32 Å². The number of carbonyl (C=O) groups is 1. The molecule has 2 aromatic carbocycles. The van der Waals surface area contributed by atoms with Gasteiger partial charge in [-0.1, -0.05) is 17.7 Å². The number of halogens is 2. The Morgan fingerprint density at radius 2 is 1.96 bits per heavy atom. The summed E-state index contributed by atoms with van der Waals surface area (Å²) in [5, 5.41) is 4.23. The maximum Gasteiger partial charge on any atom is 0.272 e. The normalized spacial score (nSPS) is 11.0. The molecule has 124 valence electrons. The Kier molecular flexibility index (Phi) is 4.33. The highest BCUT2D eigenvalue weighted by atomic mass is 35.5. The van der Waals surface area contributed by atoms with Crippen LogP contribution in [0.2, 0.25) is 5.02 Å². The fourth-order valence-corrected chi connectivity index (χ4v) is 3.19. The molecular formula is C19H18ClFN2O. The minimum Gasteiger partial charge on any atom is -0.337 e. The van der Waals surface area contributed by atoms with Crippen LogP contribution in [0.4, 0.5) is 10.1 Å². The zero-order valence-electron chi connectivity index (χ0n) is 13.8. The van der Waals surface area contributed by atoms with E-state index in [1.807, 2.05) is 30.5 Å². The number of carbonyl (C=O) groups excluding carboxylic acids is 1. The van der Waals surface area contributed by atoms with Crippen LogP contribution in [0.25, 0.3) is 10.9 Å². The topological polar surface area (TPSA) is 34.0 Å². The van der Waals surface area contributed by atoms with Gasteiger partial charge in [0.25, 0.3) is 5.91 Å². The molecule has 3 rings (SSSR count). The van der Waals surface area contributed by atoms with Gasteiger partial charge in [-0.25, -0.2) is 4.39 Å². The van der Waals surface area contributed by atoms with E-state index in [1.165, 1.54) is 6.07 Å². The number of anilines is 1. The molecule has 3 aromatic rings. The number of benzene rings is 2. The Labute approximate surface area is 145 Å². The molecule has 3 nitrogen and oxygen atoms in total. The number of fused-ring (bicyclic) bond motifs is 1. The van der Waals surface area contributed by atoms with Crippen LogP contribution in [0.3, 0.4) is 0 Å². The average Bonchev–Trinajstić information content (AvgIpc) is 2.82. The van der Waals surface area contributed by atoms with Gasteiger partial charge >= 0.3 is 0 Å². The second-order valence-corrected chi connectivity index (χ2v) is 6.25. The number of aryl methyl sites for hydroxylation is 3. The number of rotatable bonds is 3. The first-order chi connectivity index (χ1) is 11.4. The minimum atomic E-state index is -0.441. The fraction of sp³-hybridized carbons (Fsp3) is 0.211. The lowest BCUT2D eigenvalue weighted by Crippen LogP contribution is -2.18. The molecule has 0 saturated heterocycles. The molecule has 0 atom stereocenters. The summed E-state index contributed by atoms with van der Waals surface area (Å²) in [7, 11) is 0. The van der Waals surface area contributed by atoms with Crippen LogP contribution in [0.5, 0.6) is 0 Å². The lowest BCUT2D eigenvalue weighted by atomic mass is 10.1. The summed E-state index contributed by atoms with van der Waals surface area (Å²) >= 11 is 6.08. The number of amides is 1. The molecule has 1 amide bonds. The zero-order chi connectivity index (χ0) is 17.4. The van der Waals surface area contributed by atoms with Gasteiger partial charge in [0.2, 0.25) is 0 Å². The third-order valence-electron chi connectivity index (χ3n) is 4.18. The molecule has 0 unspecified atom stereocenters. The van der Waals surface area contributed by atoms with Gasteiger partial charge in [0.15, 0.2) is 0 Å². The number of nitrogens with one attached hydrogen (secondary N) is 1. The Hall–Kier alpha value is -2.33. The zero-order valence-corrected chi connectivity index (χ0v) is 14.5. The van der Waals surface area contributed by atoms with Gasteiger partial charge < -0.3 is 9.88 Å². The average molecular weight is 345 g/mol. The molecule has 0 aliphatic heterocycles. The van der Waals surface area contributed by atoms with Crippen molar-refractivity contribution in [3.8, 4) is 0 Å². The Morgan fingerprint density at radius 1 is 1.21 bits per heavy atom. The van der Waals surface area contributed by atoms with Crippen LogP contribution in [-0.2, 0) is 6.54 Å². The summed E-state index contributed by atoms with van der Waals surface area (Å²) < 4.78 is 15.9. The number of aromatic nitrogens is 1. The molecule has 0 aliphatic rings. The third kappa shape index (κ3) is 2.78. The van der Waals surface area contributed by atoms with Crippen molar-refractivity contribution < 1.29 is 9.18 Å². The molecule has 1 heterocycles. The van der Waals surface area contributed by atoms with Crippen LogP contribution in [-0.4, -0.2) is 10.5 Å². The van der Waals surface area contributed by atoms with Crippen LogP contribution < -0.4 is 5.32 Å². The molecule has 24 heavy (non-hydrogen) atoms. The van der Waals surface area contributed by atoms with E-state index in [0.717, 1.165) is 22.0 Å². The summed E-state index contributed by atoms with van der Waals surface area (Å²) in [6.45, 7) is 6.28. The Balaban J connectivity index is 2.08. The van der Waals surface area contributed by atoms with Gasteiger partial charge in [-0.3, -0.25) is 4.79 Å². The predicted molar refractivity (Wildman–Crippen MR) is 96.4 cm³/mol. The van der Waals surface area contributed by atoms with Crippen LogP contribution in [0.15, 0.2) is 36.4 Å². The first-order valence-corrected chi connectivity index (χ1v) is 8.16. The molecule has 0 radical (unpaired) electrons. The van der Waals surface area contributed by atoms with E-state index in [0.29, 0.717) is 17.3 Å². The molecule has 1 aromatic heterocycles. The largest absolute Gasteiger partial charge is 0.337 e. The van der Waals surface area contributed by atoms with E-state index < -0.39 is 5.82 Å². The fourth-order valence-electron chi connectivity index (χ4n) is 3.02. The van der Waals surface area contributed by atoms with Gasteiger partial charge in [-0.2, -0.15) is 0 Å². The summed E-state index contributed by atoms with van der Waals surface area (Å²) in [5.74, 6) is -0.771. The number of hydrogen-bond acceptors (Lipinski definition) is 1. The highest BCUT2D eigenvalue weighted by Crippen LogP contribution is 2.29. The SMILES string of the molecule is CCn1c(C(=O)Nc2ccc(C)cc2F)c(C)c2cc(Cl)ccc21. The van der Waals surface area contributed by atoms with Gasteiger partial charge in [0.1, 0.15) is 11.5 Å². The van der Waals surface area contributed by atoms with Gasteiger partial charge in [-0.05, 0) is 62.2 Å². The van der Waals surface area contributed by atoms with Crippen molar-refractivity contribution in [3.63, 3.8) is 0 Å². The number of nitrogens with zero attached hydrogens (tertiary/aromatic N) is 1. The van der Waals surface area contributed by atoms with E-state index in [2.05, 4.69) is 5.32 Å². The van der Waals surface area contributed by atoms with Gasteiger partial charge in [0, 0.05) is 22.5 Å². The molecule has 0 saturated carbocycles. The maximum absolute atomic E-state index is 14.0. The quantitative estimate of drug-likeness (QED) is 0.685. The van der Waals surface area contributed by atoms with E-state index in [1.54, 1.807) is 25.1 Å². The summed E-state index contributed by atoms with van der Waals surface area (Å²) in [6, 6.07) is 10.3. The lowest BCUT2D eigenvalue weighted by molar-refractivity contribution is 0.101. The summed E-state index contributed by atoms with van der Waals surface area (Å²) in [6.07, 6.45) is 0. The van der Waals surface area contributed by atoms with E-state index in [-0.39, 0.29) is 11.6 Å². The van der Waals surface area contributed by atoms with Crippen LogP contribution in [0.1, 0.15) is 28.5 Å². The second kappa shape index (κ2) is 6.29. The van der Waals surface area contributed by atoms with E-state index in [9.17, 15) is 9.18 Å². The minimum absolute atomic E-state index is 0.177. The first-order valence-electron chi connectivity index (χ1n) is 7.78. The van der Waals surface area contributed by atoms with Crippen molar-refractivity contribution in [2.24, 2.45) is 0 Å². The third-order valence-corrected chi connectivity index (χ3v) is 4.42. The van der Waals surface area contributed by atoms with E-state index >= 15 is 0 Å². The van der Waals surface area contributed by atoms with Crippen molar-refractivity contribution in [3.05, 3.63) is 64.1 Å². The molecule has 1 N–H and O–H groups in total. The van der Waals surface area contributed by atoms with Gasteiger partial charge in [0.05, 0.1) is 5.69 Å². The van der Waals surface area contributed by atoms with E-state index in [4.69, 9.17) is 11.6 Å². The summed E-state index contributed by atoms with van der Waals surface area (Å²) in [4.78, 5) is 12.8. The monoisotopic (exact) mass is 344 g/mol. The summed E-state index contributed by atoms with van der Waals surface area (Å²) in [5.41, 5.74) is 3.28. The Bertz CT molecular complexity index is 946. The van der Waals surface area contributed by atoms with Crippen molar-refractivity contribution in [1.29, 1.82) is 0 Å². The number of hydrogen-bond donors (Lipinski definition) is 1. The molecule has 0 bridgehead atoms. The van der Waals surface area contributed by atoms with Crippen LogP contribution in [0, 0.1) is 19.7 Å². The standard InChI is InChI=1S/C19H18ClFN2O/c1-4-23-17-8-6-13(20)10-14(17)12(3)18(23)19(24)22-16-7-5-11(2)9-15(16)21/h5-10H,4H2,1-3H3,(H,22,24). The van der Waals surface area contributed by atoms with Crippen molar-refractivity contribution >= 4 is 34.1 Å². The molecule has 5 heteroatoms. The van der Waals surface area contributed by atoms with Crippen molar-refractivity contribution in [2.45, 2.75) is 27.3 Å². The lowest BCUT2D eigenvalue weighted by Gasteiger charge is -2.11. The molecule has 0 fully saturated rings. The first kappa shape index (κ1) is 16.5. The van der Waals surface area contributed by atoms with Crippen LogP contribution >= 0.6 is 11.6 Å². The second-order valence-electron chi connectivity index (χ2n) is 5.82. The van der Waals surface area contributed by atoms with Gasteiger partial charge in [-0.15, -0.1) is 0 Å².